The molecule has 0 spiro atoms. The third-order valence-corrected chi connectivity index (χ3v) is 3.71. The molecule has 1 aromatic carbocycles. The Labute approximate surface area is 139 Å². The minimum Gasteiger partial charge on any atom is -0.376 e. The molecule has 1 unspecified atom stereocenters. The molecule has 0 aliphatic carbocycles. The van der Waals surface area contributed by atoms with Gasteiger partial charge < -0.3 is 21.1 Å². The Morgan fingerprint density at radius 2 is 2.17 bits per heavy atom. The van der Waals surface area contributed by atoms with Gasteiger partial charge in [0.2, 0.25) is 5.91 Å². The quantitative estimate of drug-likeness (QED) is 0.776. The van der Waals surface area contributed by atoms with Crippen molar-refractivity contribution in [3.8, 4) is 0 Å². The first-order chi connectivity index (χ1) is 11.6. The maximum Gasteiger partial charge on any atom is 0.323 e. The van der Waals surface area contributed by atoms with E-state index in [1.54, 1.807) is 35.3 Å². The molecular formula is C16H19N5O3. The van der Waals surface area contributed by atoms with Crippen LogP contribution in [0.3, 0.4) is 0 Å². The highest BCUT2D eigenvalue weighted by atomic mass is 16.5. The van der Waals surface area contributed by atoms with E-state index in [0.717, 1.165) is 19.4 Å². The number of nitrogens with two attached hydrogens (primary N) is 1. The number of nitrogens with zero attached hydrogens (tertiary/aromatic N) is 2. The summed E-state index contributed by atoms with van der Waals surface area (Å²) < 4.78 is 7.31. The number of rotatable bonds is 5. The summed E-state index contributed by atoms with van der Waals surface area (Å²) in [5.74, 6) is -0.547. The third kappa shape index (κ3) is 4.11. The van der Waals surface area contributed by atoms with Gasteiger partial charge in [0.15, 0.2) is 0 Å². The maximum atomic E-state index is 12.0. The number of hydrogen-bond acceptors (Lipinski definition) is 4. The summed E-state index contributed by atoms with van der Waals surface area (Å²) in [6.45, 7) is 1.47. The van der Waals surface area contributed by atoms with E-state index in [9.17, 15) is 9.59 Å². The molecule has 3 rings (SSSR count). The molecular weight excluding hydrogens is 310 g/mol. The summed E-state index contributed by atoms with van der Waals surface area (Å²) >= 11 is 0. The predicted octanol–water partition coefficient (Wildman–Crippen LogP) is 1.80. The molecule has 0 bridgehead atoms. The lowest BCUT2D eigenvalue weighted by Gasteiger charge is -2.08. The van der Waals surface area contributed by atoms with Crippen LogP contribution in [-0.2, 0) is 11.3 Å². The van der Waals surface area contributed by atoms with Crippen molar-refractivity contribution in [1.29, 1.82) is 0 Å². The fraction of sp³-hybridized carbons (Fsp3) is 0.312. The summed E-state index contributed by atoms with van der Waals surface area (Å²) in [6, 6.07) is 6.00. The molecule has 126 valence electrons. The van der Waals surface area contributed by atoms with Gasteiger partial charge in [0.25, 0.3) is 0 Å². The molecule has 8 nitrogen and oxygen atoms in total. The topological polar surface area (TPSA) is 111 Å². The fourth-order valence-electron chi connectivity index (χ4n) is 2.57. The van der Waals surface area contributed by atoms with Crippen molar-refractivity contribution in [2.24, 2.45) is 5.73 Å². The Kier molecular flexibility index (Phi) is 4.76. The van der Waals surface area contributed by atoms with Crippen LogP contribution in [0.1, 0.15) is 23.2 Å². The van der Waals surface area contributed by atoms with E-state index in [-0.39, 0.29) is 6.10 Å². The molecule has 8 heteroatoms. The number of hydrogen-bond donors (Lipinski definition) is 3. The van der Waals surface area contributed by atoms with E-state index in [4.69, 9.17) is 10.5 Å². The van der Waals surface area contributed by atoms with Crippen molar-refractivity contribution in [3.05, 3.63) is 42.2 Å². The lowest BCUT2D eigenvalue weighted by Crippen LogP contribution is -2.20. The van der Waals surface area contributed by atoms with Crippen LogP contribution in [-0.4, -0.2) is 34.4 Å². The van der Waals surface area contributed by atoms with Crippen molar-refractivity contribution in [2.75, 3.05) is 17.2 Å². The van der Waals surface area contributed by atoms with Gasteiger partial charge in [-0.1, -0.05) is 6.07 Å². The number of aromatic nitrogens is 2. The van der Waals surface area contributed by atoms with Gasteiger partial charge in [-0.2, -0.15) is 5.10 Å². The van der Waals surface area contributed by atoms with Gasteiger partial charge in [-0.3, -0.25) is 9.48 Å². The van der Waals surface area contributed by atoms with Crippen LogP contribution in [0.2, 0.25) is 0 Å². The van der Waals surface area contributed by atoms with Crippen LogP contribution in [0, 0.1) is 0 Å². The van der Waals surface area contributed by atoms with Gasteiger partial charge in [0.05, 0.1) is 24.5 Å². The molecule has 2 heterocycles. The Balaban J connectivity index is 1.56. The number of ether oxygens (including phenoxy) is 1. The average molecular weight is 329 g/mol. The van der Waals surface area contributed by atoms with Crippen molar-refractivity contribution in [2.45, 2.75) is 25.5 Å². The highest BCUT2D eigenvalue weighted by Crippen LogP contribution is 2.15. The van der Waals surface area contributed by atoms with E-state index >= 15 is 0 Å². The van der Waals surface area contributed by atoms with Crippen molar-refractivity contribution in [1.82, 2.24) is 9.78 Å². The second-order valence-corrected chi connectivity index (χ2v) is 5.61. The molecule has 1 aromatic heterocycles. The standard InChI is InChI=1S/C16H19N5O3/c17-15(22)11-3-1-4-12(7-11)19-16(23)20-13-8-18-21(9-13)10-14-5-2-6-24-14/h1,3-4,7-9,14H,2,5-6,10H2,(H2,17,22)(H2,19,20,23). The lowest BCUT2D eigenvalue weighted by molar-refractivity contribution is 0.0940. The van der Waals surface area contributed by atoms with Gasteiger partial charge in [0, 0.05) is 24.1 Å². The number of anilines is 2. The van der Waals surface area contributed by atoms with Crippen LogP contribution in [0.4, 0.5) is 16.2 Å². The zero-order chi connectivity index (χ0) is 16.9. The summed E-state index contributed by atoms with van der Waals surface area (Å²) in [6.07, 6.45) is 5.61. The van der Waals surface area contributed by atoms with Crippen LogP contribution in [0.25, 0.3) is 0 Å². The Morgan fingerprint density at radius 3 is 2.92 bits per heavy atom. The minimum absolute atomic E-state index is 0.183. The number of primary amides is 1. The summed E-state index contributed by atoms with van der Waals surface area (Å²) in [4.78, 5) is 23.2. The molecule has 1 atom stereocenters. The smallest absolute Gasteiger partial charge is 0.323 e. The monoisotopic (exact) mass is 329 g/mol. The first-order valence-electron chi connectivity index (χ1n) is 7.72. The number of benzene rings is 1. The van der Waals surface area contributed by atoms with E-state index in [0.29, 0.717) is 23.5 Å². The van der Waals surface area contributed by atoms with Crippen molar-refractivity contribution < 1.29 is 14.3 Å². The maximum absolute atomic E-state index is 12.0. The van der Waals surface area contributed by atoms with Crippen LogP contribution in [0.15, 0.2) is 36.7 Å². The zero-order valence-corrected chi connectivity index (χ0v) is 13.1. The van der Waals surface area contributed by atoms with Gasteiger partial charge in [-0.15, -0.1) is 0 Å². The van der Waals surface area contributed by atoms with Crippen LogP contribution in [0.5, 0.6) is 0 Å². The first-order valence-corrected chi connectivity index (χ1v) is 7.72. The summed E-state index contributed by atoms with van der Waals surface area (Å²) in [5, 5.41) is 9.55. The number of carbonyl (C=O) groups is 2. The molecule has 3 amide bonds. The van der Waals surface area contributed by atoms with Crippen molar-refractivity contribution in [3.63, 3.8) is 0 Å². The number of carbonyl (C=O) groups excluding carboxylic acids is 2. The normalized spacial score (nSPS) is 16.8. The van der Waals surface area contributed by atoms with Gasteiger partial charge in [-0.05, 0) is 31.0 Å². The van der Waals surface area contributed by atoms with E-state index in [1.807, 2.05) is 0 Å². The molecule has 1 aliphatic rings. The lowest BCUT2D eigenvalue weighted by atomic mass is 10.2. The van der Waals surface area contributed by atoms with Crippen LogP contribution >= 0.6 is 0 Å². The Bertz CT molecular complexity index is 737. The summed E-state index contributed by atoms with van der Waals surface area (Å²) in [7, 11) is 0. The van der Waals surface area contributed by atoms with E-state index < -0.39 is 11.9 Å². The molecule has 4 N–H and O–H groups in total. The molecule has 1 saturated heterocycles. The van der Waals surface area contributed by atoms with E-state index in [2.05, 4.69) is 15.7 Å². The largest absolute Gasteiger partial charge is 0.376 e. The van der Waals surface area contributed by atoms with E-state index in [1.165, 1.54) is 6.07 Å². The zero-order valence-electron chi connectivity index (χ0n) is 13.1. The SMILES string of the molecule is NC(=O)c1cccc(NC(=O)Nc2cnn(CC3CCCO3)c2)c1. The molecule has 2 aromatic rings. The van der Waals surface area contributed by atoms with Crippen LogP contribution < -0.4 is 16.4 Å². The third-order valence-electron chi connectivity index (χ3n) is 3.71. The number of amides is 3. The second kappa shape index (κ2) is 7.14. The molecule has 0 saturated carbocycles. The molecule has 0 radical (unpaired) electrons. The Hall–Kier alpha value is -2.87. The summed E-state index contributed by atoms with van der Waals surface area (Å²) in [5.41, 5.74) is 6.61. The molecule has 24 heavy (non-hydrogen) atoms. The average Bonchev–Trinajstić information content (AvgIpc) is 3.20. The second-order valence-electron chi connectivity index (χ2n) is 5.61. The minimum atomic E-state index is -0.547. The predicted molar refractivity (Wildman–Crippen MR) is 88.8 cm³/mol. The Morgan fingerprint density at radius 1 is 1.33 bits per heavy atom. The highest BCUT2D eigenvalue weighted by molar-refractivity contribution is 6.01. The number of nitrogens with one attached hydrogen (secondary N) is 2. The number of urea groups is 1. The van der Waals surface area contributed by atoms with Gasteiger partial charge >= 0.3 is 6.03 Å². The van der Waals surface area contributed by atoms with Crippen molar-refractivity contribution >= 4 is 23.3 Å². The van der Waals surface area contributed by atoms with Gasteiger partial charge in [0.1, 0.15) is 0 Å². The molecule has 1 fully saturated rings. The first kappa shape index (κ1) is 16.0. The highest BCUT2D eigenvalue weighted by Gasteiger charge is 2.16. The molecule has 1 aliphatic heterocycles. The van der Waals surface area contributed by atoms with Gasteiger partial charge in [-0.25, -0.2) is 4.79 Å². The fourth-order valence-corrected chi connectivity index (χ4v) is 2.57.